The molecule has 0 amide bonds. The Bertz CT molecular complexity index is 812. The molecule has 4 nitrogen and oxygen atoms in total. The molecule has 0 saturated heterocycles. The number of aromatic carboxylic acids is 1. The molecule has 2 aromatic rings. The summed E-state index contributed by atoms with van der Waals surface area (Å²) in [7, 11) is -3.68. The molecule has 1 aromatic carbocycles. The first-order valence-corrected chi connectivity index (χ1v) is 9.40. The second kappa shape index (κ2) is 6.08. The second-order valence-corrected chi connectivity index (χ2v) is 8.58. The number of thiophene rings is 1. The highest BCUT2D eigenvalue weighted by molar-refractivity contribution is 9.10. The van der Waals surface area contributed by atoms with Crippen LogP contribution in [0.3, 0.4) is 0 Å². The van der Waals surface area contributed by atoms with Crippen molar-refractivity contribution in [1.82, 2.24) is 0 Å². The van der Waals surface area contributed by atoms with E-state index in [0.717, 1.165) is 0 Å². The van der Waals surface area contributed by atoms with Gasteiger partial charge in [-0.3, -0.25) is 0 Å². The highest BCUT2D eigenvalue weighted by Crippen LogP contribution is 2.31. The zero-order valence-electron chi connectivity index (χ0n) is 10.8. The average molecular weight is 410 g/mol. The van der Waals surface area contributed by atoms with E-state index < -0.39 is 15.8 Å². The van der Waals surface area contributed by atoms with Gasteiger partial charge in [-0.15, -0.1) is 11.3 Å². The number of halogens is 2. The molecular formula is C13H10BrClO4S2. The van der Waals surface area contributed by atoms with E-state index in [1.165, 1.54) is 30.4 Å². The summed E-state index contributed by atoms with van der Waals surface area (Å²) in [5.41, 5.74) is 0.0888. The van der Waals surface area contributed by atoms with Crippen LogP contribution in [0.4, 0.5) is 0 Å². The van der Waals surface area contributed by atoms with E-state index in [4.69, 9.17) is 16.7 Å². The van der Waals surface area contributed by atoms with Crippen molar-refractivity contribution in [3.63, 3.8) is 0 Å². The number of hydrogen-bond acceptors (Lipinski definition) is 4. The molecule has 112 valence electrons. The summed E-state index contributed by atoms with van der Waals surface area (Å²) in [6.07, 6.45) is 0. The molecule has 0 unspecified atom stereocenters. The van der Waals surface area contributed by atoms with E-state index >= 15 is 0 Å². The van der Waals surface area contributed by atoms with Crippen molar-refractivity contribution in [3.05, 3.63) is 49.1 Å². The fourth-order valence-corrected chi connectivity index (χ4v) is 5.90. The molecule has 0 saturated carbocycles. The van der Waals surface area contributed by atoms with Crippen LogP contribution in [-0.2, 0) is 15.6 Å². The highest BCUT2D eigenvalue weighted by atomic mass is 79.9. The Balaban J connectivity index is 2.55. The molecule has 1 aromatic heterocycles. The van der Waals surface area contributed by atoms with Gasteiger partial charge in [0.1, 0.15) is 0 Å². The van der Waals surface area contributed by atoms with Crippen molar-refractivity contribution < 1.29 is 18.3 Å². The van der Waals surface area contributed by atoms with Gasteiger partial charge >= 0.3 is 5.97 Å². The Labute approximate surface area is 139 Å². The van der Waals surface area contributed by atoms with E-state index in [9.17, 15) is 13.2 Å². The van der Waals surface area contributed by atoms with Crippen LogP contribution < -0.4 is 0 Å². The Morgan fingerprint density at radius 3 is 2.62 bits per heavy atom. The summed E-state index contributed by atoms with van der Waals surface area (Å²) in [5.74, 6) is -1.41. The van der Waals surface area contributed by atoms with Crippen molar-refractivity contribution in [3.8, 4) is 0 Å². The third-order valence-corrected chi connectivity index (χ3v) is 6.99. The number of carboxylic acid groups (broad SMARTS) is 1. The molecule has 0 atom stereocenters. The van der Waals surface area contributed by atoms with Crippen LogP contribution in [-0.4, -0.2) is 19.5 Å². The van der Waals surface area contributed by atoms with E-state index in [1.54, 1.807) is 11.4 Å². The molecule has 0 aliphatic carbocycles. The van der Waals surface area contributed by atoms with E-state index in [-0.39, 0.29) is 26.8 Å². The number of sulfone groups is 1. The maximum absolute atomic E-state index is 12.5. The lowest BCUT2D eigenvalue weighted by molar-refractivity contribution is 0.0696. The van der Waals surface area contributed by atoms with Gasteiger partial charge in [0.05, 0.1) is 16.2 Å². The molecule has 0 aliphatic rings. The summed E-state index contributed by atoms with van der Waals surface area (Å²) in [6, 6.07) is 4.31. The molecular weight excluding hydrogens is 400 g/mol. The van der Waals surface area contributed by atoms with Gasteiger partial charge in [-0.1, -0.05) is 11.6 Å². The van der Waals surface area contributed by atoms with Gasteiger partial charge in [0.25, 0.3) is 0 Å². The Hall–Kier alpha value is -0.890. The topological polar surface area (TPSA) is 71.4 Å². The van der Waals surface area contributed by atoms with Crippen molar-refractivity contribution in [2.75, 3.05) is 0 Å². The van der Waals surface area contributed by atoms with E-state index in [1.807, 2.05) is 0 Å². The minimum atomic E-state index is -3.68. The first kappa shape index (κ1) is 16.5. The number of benzene rings is 1. The first-order chi connectivity index (χ1) is 9.72. The lowest BCUT2D eigenvalue weighted by atomic mass is 10.1. The minimum Gasteiger partial charge on any atom is -0.478 e. The van der Waals surface area contributed by atoms with Gasteiger partial charge in [0.2, 0.25) is 0 Å². The molecule has 8 heteroatoms. The van der Waals surface area contributed by atoms with Crippen LogP contribution in [0, 0.1) is 6.92 Å². The zero-order chi connectivity index (χ0) is 15.8. The Morgan fingerprint density at radius 2 is 2.10 bits per heavy atom. The van der Waals surface area contributed by atoms with E-state index in [0.29, 0.717) is 9.35 Å². The molecule has 0 fully saturated rings. The van der Waals surface area contributed by atoms with Gasteiger partial charge in [-0.05, 0) is 52.0 Å². The molecule has 1 heterocycles. The molecule has 1 N–H and O–H groups in total. The van der Waals surface area contributed by atoms with Gasteiger partial charge < -0.3 is 5.11 Å². The molecule has 0 aliphatic heterocycles. The highest BCUT2D eigenvalue weighted by Gasteiger charge is 2.24. The molecule has 2 rings (SSSR count). The van der Waals surface area contributed by atoms with Gasteiger partial charge in [0.15, 0.2) is 9.84 Å². The van der Waals surface area contributed by atoms with E-state index in [2.05, 4.69) is 15.9 Å². The van der Waals surface area contributed by atoms with Gasteiger partial charge in [0, 0.05) is 14.4 Å². The standard InChI is InChI=1S/C13H10BrClO4S2/c1-7-9(13(16)17)4-8(15)5-12(7)21(18,19)6-11-10(14)2-3-20-11/h2-5H,6H2,1H3,(H,16,17). The number of carbonyl (C=O) groups is 1. The maximum Gasteiger partial charge on any atom is 0.336 e. The largest absolute Gasteiger partial charge is 0.478 e. The summed E-state index contributed by atoms with van der Waals surface area (Å²) in [6.45, 7) is 1.47. The third kappa shape index (κ3) is 3.48. The predicted octanol–water partition coefficient (Wildman–Crippen LogP) is 4.14. The normalized spacial score (nSPS) is 11.6. The molecule has 21 heavy (non-hydrogen) atoms. The Kier molecular flexibility index (Phi) is 4.77. The van der Waals surface area contributed by atoms with Gasteiger partial charge in [-0.25, -0.2) is 13.2 Å². The van der Waals surface area contributed by atoms with Crippen molar-refractivity contribution >= 4 is 54.7 Å². The molecule has 0 radical (unpaired) electrons. The number of carboxylic acids is 1. The predicted molar refractivity (Wildman–Crippen MR) is 86.1 cm³/mol. The number of hydrogen-bond donors (Lipinski definition) is 1. The fourth-order valence-electron chi connectivity index (χ4n) is 1.88. The van der Waals surface area contributed by atoms with Crippen molar-refractivity contribution in [1.29, 1.82) is 0 Å². The summed E-state index contributed by atoms with van der Waals surface area (Å²) < 4.78 is 25.8. The zero-order valence-corrected chi connectivity index (χ0v) is 14.7. The quantitative estimate of drug-likeness (QED) is 0.823. The first-order valence-electron chi connectivity index (χ1n) is 5.70. The van der Waals surface area contributed by atoms with Crippen LogP contribution in [0.5, 0.6) is 0 Å². The third-order valence-electron chi connectivity index (χ3n) is 2.90. The van der Waals surface area contributed by atoms with Crippen LogP contribution in [0.25, 0.3) is 0 Å². The summed E-state index contributed by atoms with van der Waals surface area (Å²) >= 11 is 10.5. The van der Waals surface area contributed by atoms with Crippen molar-refractivity contribution in [2.45, 2.75) is 17.6 Å². The van der Waals surface area contributed by atoms with Crippen LogP contribution in [0.1, 0.15) is 20.8 Å². The van der Waals surface area contributed by atoms with Gasteiger partial charge in [-0.2, -0.15) is 0 Å². The monoisotopic (exact) mass is 408 g/mol. The van der Waals surface area contributed by atoms with Crippen LogP contribution in [0.2, 0.25) is 5.02 Å². The second-order valence-electron chi connectivity index (χ2n) is 4.33. The lowest BCUT2D eigenvalue weighted by Gasteiger charge is -2.10. The summed E-state index contributed by atoms with van der Waals surface area (Å²) in [5, 5.41) is 11.0. The fraction of sp³-hybridized carbons (Fsp3) is 0.154. The lowest BCUT2D eigenvalue weighted by Crippen LogP contribution is -2.10. The van der Waals surface area contributed by atoms with Crippen LogP contribution in [0.15, 0.2) is 32.9 Å². The smallest absolute Gasteiger partial charge is 0.336 e. The molecule has 0 bridgehead atoms. The Morgan fingerprint density at radius 1 is 1.43 bits per heavy atom. The molecule has 0 spiro atoms. The van der Waals surface area contributed by atoms with Crippen molar-refractivity contribution in [2.24, 2.45) is 0 Å². The minimum absolute atomic E-state index is 0.0484. The number of rotatable bonds is 4. The average Bonchev–Trinajstić information content (AvgIpc) is 2.76. The summed E-state index contributed by atoms with van der Waals surface area (Å²) in [4.78, 5) is 11.8. The maximum atomic E-state index is 12.5. The SMILES string of the molecule is Cc1c(C(=O)O)cc(Cl)cc1S(=O)(=O)Cc1sccc1Br. The van der Waals surface area contributed by atoms with Crippen LogP contribution >= 0.6 is 38.9 Å².